The van der Waals surface area contributed by atoms with Gasteiger partial charge in [0, 0.05) is 19.4 Å². The van der Waals surface area contributed by atoms with E-state index in [1.807, 2.05) is 39.0 Å². The maximum atomic E-state index is 12.3. The van der Waals surface area contributed by atoms with E-state index < -0.39 is 29.9 Å². The standard InChI is InChI=1S/C29H41NO9/c1-17(8-11-25-28(34)29(16-36-29)15-22(39-25)14-27(33)35-6)7-10-24-18(2)13-23(20(4)38-24)30-26(32)12-9-19(3)37-21(5)31/h7-9,11-13,19-20,22-25,28,34H,10,14-16H2,1-6H3,(H,30,32)/b11-8+,12-9-,17-7+/t19-,20+,22+,23+,24+,25+,28+,29+/m0/s1. The van der Waals surface area contributed by atoms with Crippen LogP contribution in [0.25, 0.3) is 0 Å². The van der Waals surface area contributed by atoms with Crippen molar-refractivity contribution in [3.63, 3.8) is 0 Å². The third kappa shape index (κ3) is 8.86. The van der Waals surface area contributed by atoms with Gasteiger partial charge in [0.2, 0.25) is 5.91 Å². The molecule has 2 saturated heterocycles. The van der Waals surface area contributed by atoms with Crippen molar-refractivity contribution in [2.24, 2.45) is 0 Å². The van der Waals surface area contributed by atoms with Crippen LogP contribution in [0, 0.1) is 0 Å². The number of carbonyl (C=O) groups is 3. The third-order valence-corrected chi connectivity index (χ3v) is 7.13. The Kier molecular flexibility index (Phi) is 10.7. The highest BCUT2D eigenvalue weighted by Gasteiger charge is 2.58. The highest BCUT2D eigenvalue weighted by Crippen LogP contribution is 2.43. The molecule has 10 nitrogen and oxygen atoms in total. The molecule has 3 rings (SSSR count). The fraction of sp³-hybridized carbons (Fsp3) is 0.621. The van der Waals surface area contributed by atoms with E-state index >= 15 is 0 Å². The second kappa shape index (κ2) is 13.5. The topological polar surface area (TPSA) is 133 Å². The van der Waals surface area contributed by atoms with Gasteiger partial charge in [0.15, 0.2) is 0 Å². The molecule has 3 heterocycles. The van der Waals surface area contributed by atoms with Crippen LogP contribution in [0.1, 0.15) is 53.9 Å². The van der Waals surface area contributed by atoms with Gasteiger partial charge in [-0.05, 0) is 45.8 Å². The molecule has 10 heteroatoms. The molecular weight excluding hydrogens is 506 g/mol. The average molecular weight is 548 g/mol. The predicted molar refractivity (Wildman–Crippen MR) is 143 cm³/mol. The molecule has 0 aromatic heterocycles. The van der Waals surface area contributed by atoms with Crippen LogP contribution in [0.3, 0.4) is 0 Å². The van der Waals surface area contributed by atoms with E-state index in [0.29, 0.717) is 19.4 Å². The number of hydrogen-bond donors (Lipinski definition) is 2. The van der Waals surface area contributed by atoms with E-state index in [4.69, 9.17) is 23.7 Å². The van der Waals surface area contributed by atoms with Crippen molar-refractivity contribution in [1.82, 2.24) is 5.32 Å². The zero-order valence-corrected chi connectivity index (χ0v) is 23.5. The van der Waals surface area contributed by atoms with Gasteiger partial charge in [0.1, 0.15) is 23.9 Å². The predicted octanol–water partition coefficient (Wildman–Crippen LogP) is 2.46. The largest absolute Gasteiger partial charge is 0.469 e. The number of nitrogens with one attached hydrogen (secondary N) is 1. The Morgan fingerprint density at radius 3 is 2.62 bits per heavy atom. The normalized spacial score (nSPS) is 33.6. The Labute approximate surface area is 230 Å². The van der Waals surface area contributed by atoms with Crippen LogP contribution < -0.4 is 5.32 Å². The summed E-state index contributed by atoms with van der Waals surface area (Å²) in [5.41, 5.74) is 1.33. The van der Waals surface area contributed by atoms with Crippen LogP contribution in [0.5, 0.6) is 0 Å². The molecular formula is C29H41NO9. The minimum atomic E-state index is -0.810. The van der Waals surface area contributed by atoms with Crippen molar-refractivity contribution in [2.45, 2.75) is 102 Å². The number of methoxy groups -OCH3 is 1. The number of aliphatic hydroxyl groups excluding tert-OH is 1. The lowest BCUT2D eigenvalue weighted by Gasteiger charge is -2.36. The molecule has 8 atom stereocenters. The molecule has 216 valence electrons. The molecule has 2 N–H and O–H groups in total. The second-order valence-electron chi connectivity index (χ2n) is 10.5. The molecule has 0 aromatic carbocycles. The van der Waals surface area contributed by atoms with E-state index in [-0.39, 0.29) is 42.7 Å². The Bertz CT molecular complexity index is 1030. The molecule has 0 aliphatic carbocycles. The number of amides is 1. The van der Waals surface area contributed by atoms with Crippen LogP contribution in [-0.2, 0) is 38.1 Å². The quantitative estimate of drug-likeness (QED) is 0.139. The van der Waals surface area contributed by atoms with E-state index in [1.54, 1.807) is 13.0 Å². The van der Waals surface area contributed by atoms with Crippen LogP contribution in [0.2, 0.25) is 0 Å². The maximum absolute atomic E-state index is 12.3. The van der Waals surface area contributed by atoms with Crippen LogP contribution >= 0.6 is 0 Å². The zero-order valence-electron chi connectivity index (χ0n) is 23.5. The minimum absolute atomic E-state index is 0.113. The molecule has 0 saturated carbocycles. The minimum Gasteiger partial charge on any atom is -0.469 e. The number of carbonyl (C=O) groups excluding carboxylic acids is 3. The molecule has 3 aliphatic heterocycles. The first-order chi connectivity index (χ1) is 18.4. The van der Waals surface area contributed by atoms with Crippen molar-refractivity contribution in [1.29, 1.82) is 0 Å². The van der Waals surface area contributed by atoms with Gasteiger partial charge in [-0.2, -0.15) is 0 Å². The van der Waals surface area contributed by atoms with Gasteiger partial charge < -0.3 is 34.1 Å². The number of ether oxygens (including phenoxy) is 5. The lowest BCUT2D eigenvalue weighted by molar-refractivity contribution is -0.157. The van der Waals surface area contributed by atoms with Gasteiger partial charge in [-0.15, -0.1) is 0 Å². The molecule has 1 amide bonds. The van der Waals surface area contributed by atoms with Gasteiger partial charge >= 0.3 is 11.9 Å². The van der Waals surface area contributed by atoms with E-state index in [0.717, 1.165) is 11.1 Å². The summed E-state index contributed by atoms with van der Waals surface area (Å²) in [5, 5.41) is 13.7. The number of allylic oxidation sites excluding steroid dienone is 2. The SMILES string of the molecule is COC(=O)C[C@@H]1C[C@@]2(CO2)[C@H](O)[C@@H](/C=C/C(C)=C/C[C@H]2O[C@H](C)[C@H](NC(=O)/C=C\[C@H](C)OC(C)=O)C=C2C)O1. The number of epoxide rings is 1. The van der Waals surface area contributed by atoms with Gasteiger partial charge in [-0.3, -0.25) is 14.4 Å². The lowest BCUT2D eigenvalue weighted by atomic mass is 9.87. The number of esters is 2. The Morgan fingerprint density at radius 2 is 1.97 bits per heavy atom. The maximum Gasteiger partial charge on any atom is 0.308 e. The summed E-state index contributed by atoms with van der Waals surface area (Å²) in [6.45, 7) is 9.28. The molecule has 3 aliphatic rings. The van der Waals surface area contributed by atoms with Crippen LogP contribution in [-0.4, -0.2) is 84.9 Å². The number of aliphatic hydroxyl groups is 1. The zero-order chi connectivity index (χ0) is 28.7. The first kappa shape index (κ1) is 30.7. The van der Waals surface area contributed by atoms with Crippen LogP contribution in [0.4, 0.5) is 0 Å². The highest BCUT2D eigenvalue weighted by atomic mass is 16.6. The summed E-state index contributed by atoms with van der Waals surface area (Å²) in [7, 11) is 1.34. The van der Waals surface area contributed by atoms with Gasteiger partial charge in [0.25, 0.3) is 0 Å². The van der Waals surface area contributed by atoms with Crippen molar-refractivity contribution >= 4 is 17.8 Å². The summed E-state index contributed by atoms with van der Waals surface area (Å²) >= 11 is 0. The molecule has 0 unspecified atom stereocenters. The average Bonchev–Trinajstić information content (AvgIpc) is 3.64. The Hall–Kier alpha value is -2.79. The van der Waals surface area contributed by atoms with Crippen LogP contribution in [0.15, 0.2) is 47.6 Å². The van der Waals surface area contributed by atoms with Crippen molar-refractivity contribution < 1.29 is 43.2 Å². The first-order valence-corrected chi connectivity index (χ1v) is 13.3. The van der Waals surface area contributed by atoms with Crippen molar-refractivity contribution in [3.05, 3.63) is 47.6 Å². The fourth-order valence-electron chi connectivity index (χ4n) is 4.79. The molecule has 0 aromatic rings. The molecule has 0 radical (unpaired) electrons. The number of rotatable bonds is 10. The van der Waals surface area contributed by atoms with Crippen molar-refractivity contribution in [3.8, 4) is 0 Å². The van der Waals surface area contributed by atoms with Gasteiger partial charge in [0.05, 0.1) is 44.5 Å². The summed E-state index contributed by atoms with van der Waals surface area (Å²) in [6.07, 6.45) is 9.18. The lowest BCUT2D eigenvalue weighted by Crippen LogP contribution is -2.50. The summed E-state index contributed by atoms with van der Waals surface area (Å²) in [5.74, 6) is -1.06. The summed E-state index contributed by atoms with van der Waals surface area (Å²) < 4.78 is 27.4. The van der Waals surface area contributed by atoms with Gasteiger partial charge in [-0.25, -0.2) is 0 Å². The fourth-order valence-corrected chi connectivity index (χ4v) is 4.79. The Balaban J connectivity index is 1.54. The monoisotopic (exact) mass is 547 g/mol. The van der Waals surface area contributed by atoms with Crippen molar-refractivity contribution in [2.75, 3.05) is 13.7 Å². The first-order valence-electron chi connectivity index (χ1n) is 13.3. The molecule has 1 spiro atoms. The molecule has 39 heavy (non-hydrogen) atoms. The van der Waals surface area contributed by atoms with E-state index in [2.05, 4.69) is 5.32 Å². The summed E-state index contributed by atoms with van der Waals surface area (Å²) in [6, 6.07) is -0.285. The Morgan fingerprint density at radius 1 is 1.26 bits per heavy atom. The highest BCUT2D eigenvalue weighted by molar-refractivity contribution is 5.88. The van der Waals surface area contributed by atoms with Gasteiger partial charge in [-0.1, -0.05) is 29.9 Å². The molecule has 0 bridgehead atoms. The van der Waals surface area contributed by atoms with E-state index in [1.165, 1.54) is 26.2 Å². The third-order valence-electron chi connectivity index (χ3n) is 7.13. The summed E-state index contributed by atoms with van der Waals surface area (Å²) in [4.78, 5) is 35.0. The second-order valence-corrected chi connectivity index (χ2v) is 10.5. The molecule has 2 fully saturated rings. The number of hydrogen-bond acceptors (Lipinski definition) is 9. The van der Waals surface area contributed by atoms with E-state index in [9.17, 15) is 19.5 Å². The smallest absolute Gasteiger partial charge is 0.308 e.